The molecule has 6 nitrogen and oxygen atoms in total. The van der Waals surface area contributed by atoms with Crippen LogP contribution in [0.1, 0.15) is 24.8 Å². The standard InChI is InChI=1S/C22H24N2O4.ClH/c23-21-15-5-4-14(9-15)20(21)22(25)24-16-3-1-2-13(8-16)11-26-17-6-7-18-19(10-17)28-12-27-18;/h1-3,6-8,10,14-15,20-21H,4-5,9,11-12,23H2,(H,24,25);1H. The Labute approximate surface area is 176 Å². The second-order valence-electron chi connectivity index (χ2n) is 7.93. The minimum Gasteiger partial charge on any atom is -0.489 e. The molecule has 7 heteroatoms. The predicted octanol–water partition coefficient (Wildman–Crippen LogP) is 3.73. The molecule has 0 aromatic heterocycles. The number of carbonyl (C=O) groups excluding carboxylic acids is 1. The third-order valence-electron chi connectivity index (χ3n) is 6.23. The lowest BCUT2D eigenvalue weighted by Gasteiger charge is -2.27. The van der Waals surface area contributed by atoms with Gasteiger partial charge in [-0.05, 0) is 60.9 Å². The highest BCUT2D eigenvalue weighted by atomic mass is 35.5. The predicted molar refractivity (Wildman–Crippen MR) is 112 cm³/mol. The zero-order valence-electron chi connectivity index (χ0n) is 16.0. The fraction of sp³-hybridized carbons (Fsp3) is 0.409. The van der Waals surface area contributed by atoms with Crippen LogP contribution in [0, 0.1) is 17.8 Å². The maximum Gasteiger partial charge on any atom is 0.231 e. The van der Waals surface area contributed by atoms with Crippen molar-refractivity contribution in [1.29, 1.82) is 0 Å². The van der Waals surface area contributed by atoms with Gasteiger partial charge < -0.3 is 25.3 Å². The summed E-state index contributed by atoms with van der Waals surface area (Å²) in [7, 11) is 0. The lowest BCUT2D eigenvalue weighted by molar-refractivity contribution is -0.121. The number of benzene rings is 2. The van der Waals surface area contributed by atoms with Gasteiger partial charge >= 0.3 is 0 Å². The summed E-state index contributed by atoms with van der Waals surface area (Å²) in [6.45, 7) is 0.643. The van der Waals surface area contributed by atoms with E-state index in [-0.39, 0.29) is 37.1 Å². The van der Waals surface area contributed by atoms with Crippen molar-refractivity contribution in [2.75, 3.05) is 12.1 Å². The molecule has 3 N–H and O–H groups in total. The van der Waals surface area contributed by atoms with Crippen molar-refractivity contribution in [2.45, 2.75) is 31.9 Å². The number of amides is 1. The number of halogens is 1. The molecule has 2 saturated carbocycles. The average Bonchev–Trinajstić information content (AvgIpc) is 3.42. The smallest absolute Gasteiger partial charge is 0.231 e. The highest BCUT2D eigenvalue weighted by molar-refractivity contribution is 5.93. The molecule has 3 aliphatic rings. The van der Waals surface area contributed by atoms with Crippen LogP contribution in [0.2, 0.25) is 0 Å². The summed E-state index contributed by atoms with van der Waals surface area (Å²) >= 11 is 0. The second kappa shape index (κ2) is 8.13. The lowest BCUT2D eigenvalue weighted by Crippen LogP contribution is -2.42. The van der Waals surface area contributed by atoms with Gasteiger partial charge in [0.25, 0.3) is 0 Å². The molecule has 0 radical (unpaired) electrons. The number of fused-ring (bicyclic) bond motifs is 3. The molecule has 5 rings (SSSR count). The Morgan fingerprint density at radius 2 is 1.93 bits per heavy atom. The van der Waals surface area contributed by atoms with Crippen molar-refractivity contribution in [3.8, 4) is 17.2 Å². The van der Waals surface area contributed by atoms with Crippen molar-refractivity contribution >= 4 is 24.0 Å². The average molecular weight is 417 g/mol. The van der Waals surface area contributed by atoms with Crippen LogP contribution >= 0.6 is 12.4 Å². The summed E-state index contributed by atoms with van der Waals surface area (Å²) in [6, 6.07) is 13.3. The van der Waals surface area contributed by atoms with Gasteiger partial charge in [-0.2, -0.15) is 0 Å². The van der Waals surface area contributed by atoms with Gasteiger partial charge in [-0.3, -0.25) is 4.79 Å². The molecule has 1 amide bonds. The minimum atomic E-state index is -0.0627. The van der Waals surface area contributed by atoms with Crippen molar-refractivity contribution in [3.63, 3.8) is 0 Å². The number of rotatable bonds is 5. The molecule has 154 valence electrons. The van der Waals surface area contributed by atoms with Crippen LogP contribution in [-0.2, 0) is 11.4 Å². The van der Waals surface area contributed by atoms with Crippen LogP contribution in [0.5, 0.6) is 17.2 Å². The molecule has 0 saturated heterocycles. The molecule has 1 aliphatic heterocycles. The van der Waals surface area contributed by atoms with E-state index in [9.17, 15) is 4.79 Å². The highest BCUT2D eigenvalue weighted by Crippen LogP contribution is 2.48. The molecular weight excluding hydrogens is 392 g/mol. The van der Waals surface area contributed by atoms with Gasteiger partial charge in [-0.1, -0.05) is 12.1 Å². The third kappa shape index (κ3) is 3.87. The summed E-state index contributed by atoms with van der Waals surface area (Å²) in [4.78, 5) is 12.8. The zero-order chi connectivity index (χ0) is 19.1. The quantitative estimate of drug-likeness (QED) is 0.776. The first-order chi connectivity index (χ1) is 13.7. The maximum absolute atomic E-state index is 12.8. The van der Waals surface area contributed by atoms with Crippen molar-refractivity contribution in [3.05, 3.63) is 48.0 Å². The van der Waals surface area contributed by atoms with Crippen LogP contribution in [0.15, 0.2) is 42.5 Å². The van der Waals surface area contributed by atoms with Crippen LogP contribution in [0.25, 0.3) is 0 Å². The third-order valence-corrected chi connectivity index (χ3v) is 6.23. The highest BCUT2D eigenvalue weighted by Gasteiger charge is 2.49. The number of anilines is 1. The van der Waals surface area contributed by atoms with E-state index >= 15 is 0 Å². The molecule has 2 aromatic carbocycles. The molecule has 4 atom stereocenters. The van der Waals surface area contributed by atoms with E-state index in [2.05, 4.69) is 5.32 Å². The van der Waals surface area contributed by atoms with E-state index in [1.54, 1.807) is 0 Å². The molecule has 2 aliphatic carbocycles. The first-order valence-electron chi connectivity index (χ1n) is 9.85. The molecule has 2 bridgehead atoms. The van der Waals surface area contributed by atoms with Gasteiger partial charge in [0.2, 0.25) is 12.7 Å². The zero-order valence-corrected chi connectivity index (χ0v) is 16.8. The number of ether oxygens (including phenoxy) is 3. The van der Waals surface area contributed by atoms with Crippen LogP contribution in [0.3, 0.4) is 0 Å². The first kappa shape index (κ1) is 19.9. The van der Waals surface area contributed by atoms with Gasteiger partial charge in [0.05, 0.1) is 5.92 Å². The number of nitrogens with one attached hydrogen (secondary N) is 1. The van der Waals surface area contributed by atoms with E-state index in [4.69, 9.17) is 19.9 Å². The van der Waals surface area contributed by atoms with Crippen molar-refractivity contribution < 1.29 is 19.0 Å². The van der Waals surface area contributed by atoms with E-state index in [1.807, 2.05) is 42.5 Å². The topological polar surface area (TPSA) is 82.8 Å². The summed E-state index contributed by atoms with van der Waals surface area (Å²) in [6.07, 6.45) is 3.39. The van der Waals surface area contributed by atoms with Crippen LogP contribution in [-0.4, -0.2) is 18.7 Å². The Morgan fingerprint density at radius 1 is 1.10 bits per heavy atom. The summed E-state index contributed by atoms with van der Waals surface area (Å²) in [5, 5.41) is 3.06. The van der Waals surface area contributed by atoms with E-state index in [0.29, 0.717) is 29.9 Å². The number of hydrogen-bond donors (Lipinski definition) is 2. The van der Waals surface area contributed by atoms with Gasteiger partial charge in [-0.25, -0.2) is 0 Å². The molecule has 1 heterocycles. The summed E-state index contributed by atoms with van der Waals surface area (Å²) in [5.74, 6) is 3.09. The Morgan fingerprint density at radius 3 is 2.76 bits per heavy atom. The number of hydrogen-bond acceptors (Lipinski definition) is 5. The molecular formula is C22H25ClN2O4. The van der Waals surface area contributed by atoms with Gasteiger partial charge in [-0.15, -0.1) is 12.4 Å². The molecule has 4 unspecified atom stereocenters. The Hall–Kier alpha value is -2.44. The molecule has 0 spiro atoms. The Kier molecular flexibility index (Phi) is 5.56. The van der Waals surface area contributed by atoms with Crippen molar-refractivity contribution in [2.24, 2.45) is 23.5 Å². The molecule has 2 fully saturated rings. The first-order valence-corrected chi connectivity index (χ1v) is 9.85. The fourth-order valence-corrected chi connectivity index (χ4v) is 4.82. The van der Waals surface area contributed by atoms with Crippen LogP contribution in [0.4, 0.5) is 5.69 Å². The summed E-state index contributed by atoms with van der Waals surface area (Å²) in [5.41, 5.74) is 8.06. The van der Waals surface area contributed by atoms with E-state index in [1.165, 1.54) is 6.42 Å². The Bertz CT molecular complexity index is 904. The van der Waals surface area contributed by atoms with E-state index in [0.717, 1.165) is 29.8 Å². The lowest BCUT2D eigenvalue weighted by atomic mass is 9.84. The van der Waals surface area contributed by atoms with Crippen molar-refractivity contribution in [1.82, 2.24) is 0 Å². The monoisotopic (exact) mass is 416 g/mol. The number of carbonyl (C=O) groups is 1. The minimum absolute atomic E-state index is 0. The van der Waals surface area contributed by atoms with Gasteiger partial charge in [0.1, 0.15) is 12.4 Å². The Balaban J connectivity index is 0.00000205. The van der Waals surface area contributed by atoms with Crippen LogP contribution < -0.4 is 25.3 Å². The molecule has 29 heavy (non-hydrogen) atoms. The van der Waals surface area contributed by atoms with Gasteiger partial charge in [0, 0.05) is 17.8 Å². The molecule has 2 aromatic rings. The SMILES string of the molecule is Cl.NC1C2CCC(C2)C1C(=O)Nc1cccc(COc2ccc3c(c2)OCO3)c1. The van der Waals surface area contributed by atoms with Gasteiger partial charge in [0.15, 0.2) is 11.5 Å². The second-order valence-corrected chi connectivity index (χ2v) is 7.93. The number of nitrogens with two attached hydrogens (primary N) is 1. The normalized spacial score (nSPS) is 26.1. The largest absolute Gasteiger partial charge is 0.489 e. The van der Waals surface area contributed by atoms with E-state index < -0.39 is 0 Å². The fourth-order valence-electron chi connectivity index (χ4n) is 4.82. The summed E-state index contributed by atoms with van der Waals surface area (Å²) < 4.78 is 16.5. The maximum atomic E-state index is 12.8.